The highest BCUT2D eigenvalue weighted by molar-refractivity contribution is 7.22. The van der Waals surface area contributed by atoms with Crippen LogP contribution in [-0.4, -0.2) is 115 Å². The summed E-state index contributed by atoms with van der Waals surface area (Å²) in [6.45, 7) is 5.24. The predicted octanol–water partition coefficient (Wildman–Crippen LogP) is 6.10. The molecule has 5 heterocycles. The van der Waals surface area contributed by atoms with Crippen LogP contribution in [0.5, 0.6) is 17.4 Å². The number of aliphatic carboxylic acids is 1. The number of thiophene rings is 1. The zero-order valence-corrected chi connectivity index (χ0v) is 34.4. The van der Waals surface area contributed by atoms with Crippen LogP contribution in [0.4, 0.5) is 22.0 Å². The van der Waals surface area contributed by atoms with Crippen molar-refractivity contribution in [3.05, 3.63) is 95.0 Å². The summed E-state index contributed by atoms with van der Waals surface area (Å²) in [5.41, 5.74) is 1.22. The van der Waals surface area contributed by atoms with Gasteiger partial charge < -0.3 is 28.6 Å². The van der Waals surface area contributed by atoms with E-state index in [4.69, 9.17) is 30.2 Å². The Morgan fingerprint density at radius 3 is 2.50 bits per heavy atom. The van der Waals surface area contributed by atoms with Crippen molar-refractivity contribution in [2.75, 3.05) is 46.4 Å². The second kappa shape index (κ2) is 17.4. The number of carboxylic acid groups (broad SMARTS) is 1. The van der Waals surface area contributed by atoms with Gasteiger partial charge in [0.1, 0.15) is 41.6 Å². The number of aromatic nitrogens is 4. The number of hydrogen-bond acceptors (Lipinski definition) is 11. The normalized spacial score (nSPS) is 15.3. The van der Waals surface area contributed by atoms with Crippen molar-refractivity contribution in [1.82, 2.24) is 29.5 Å². The molecule has 0 radical (unpaired) electrons. The molecule has 0 amide bonds. The van der Waals surface area contributed by atoms with E-state index in [1.807, 2.05) is 0 Å². The van der Waals surface area contributed by atoms with Gasteiger partial charge in [-0.05, 0) is 49.4 Å². The largest absolute Gasteiger partial charge is 0.499 e. The third-order valence-electron chi connectivity index (χ3n) is 10.1. The fraction of sp³-hybridized carbons (Fsp3) is 0.333. The van der Waals surface area contributed by atoms with E-state index in [-0.39, 0.29) is 38.9 Å². The van der Waals surface area contributed by atoms with Gasteiger partial charge in [-0.15, -0.1) is 11.3 Å². The summed E-state index contributed by atoms with van der Waals surface area (Å²) in [5.74, 6) is -1.59. The molecule has 0 bridgehead atoms. The molecule has 60 heavy (non-hydrogen) atoms. The number of furan rings is 1. The molecule has 7 rings (SSSR count). The molecule has 314 valence electrons. The lowest BCUT2D eigenvalue weighted by molar-refractivity contribution is -0.148. The Bertz CT molecular complexity index is 2490. The van der Waals surface area contributed by atoms with Crippen molar-refractivity contribution in [2.45, 2.75) is 37.3 Å². The molecule has 0 spiro atoms. The van der Waals surface area contributed by atoms with Crippen molar-refractivity contribution in [2.24, 2.45) is 0 Å². The van der Waals surface area contributed by atoms with Crippen LogP contribution >= 0.6 is 22.9 Å². The molecule has 1 aliphatic heterocycles. The van der Waals surface area contributed by atoms with Crippen LogP contribution in [0, 0.1) is 12.9 Å². The molecular weight excluding hydrogens is 833 g/mol. The van der Waals surface area contributed by atoms with E-state index >= 15 is 4.39 Å². The first-order chi connectivity index (χ1) is 28.5. The molecule has 1 N–H and O–H groups in total. The monoisotopic (exact) mass is 870 g/mol. The van der Waals surface area contributed by atoms with Gasteiger partial charge in [-0.25, -0.2) is 19.2 Å². The third kappa shape index (κ3) is 9.26. The van der Waals surface area contributed by atoms with E-state index in [1.54, 1.807) is 19.1 Å². The average Bonchev–Trinajstić information content (AvgIpc) is 3.94. The van der Waals surface area contributed by atoms with Crippen molar-refractivity contribution in [1.29, 1.82) is 0 Å². The smallest absolute Gasteiger partial charge is 0.408 e. The second-order valence-electron chi connectivity index (χ2n) is 14.7. The molecule has 2 aromatic carbocycles. The number of fused-ring (bicyclic) bond motifs is 1. The lowest BCUT2D eigenvalue weighted by atomic mass is 9.63. The minimum Gasteiger partial charge on any atom is -0.499 e. The number of rotatable bonds is 15. The second-order valence-corrected chi connectivity index (χ2v) is 16.1. The van der Waals surface area contributed by atoms with Crippen molar-refractivity contribution in [3.63, 3.8) is 0 Å². The molecule has 0 saturated carbocycles. The van der Waals surface area contributed by atoms with Gasteiger partial charge in [0.05, 0.1) is 26.4 Å². The summed E-state index contributed by atoms with van der Waals surface area (Å²) in [5, 5.41) is 13.2. The third-order valence-corrected chi connectivity index (χ3v) is 11.7. The van der Waals surface area contributed by atoms with Crippen LogP contribution < -0.4 is 14.2 Å². The molecule has 21 heteroatoms. The molecule has 12 nitrogen and oxygen atoms in total. The number of para-hydroxylation sites is 1. The van der Waals surface area contributed by atoms with Crippen molar-refractivity contribution >= 4 is 54.8 Å². The van der Waals surface area contributed by atoms with Gasteiger partial charge in [-0.1, -0.05) is 35.9 Å². The van der Waals surface area contributed by atoms with E-state index in [9.17, 15) is 27.5 Å². The topological polar surface area (TPSA) is 128 Å². The van der Waals surface area contributed by atoms with Crippen LogP contribution in [0.1, 0.15) is 23.0 Å². The Labute approximate surface area is 351 Å². The maximum Gasteiger partial charge on any atom is 0.408 e. The van der Waals surface area contributed by atoms with Gasteiger partial charge in [0, 0.05) is 56.1 Å². The van der Waals surface area contributed by atoms with E-state index in [0.29, 0.717) is 45.5 Å². The molecule has 1 fully saturated rings. The summed E-state index contributed by atoms with van der Waals surface area (Å²) < 4.78 is 95.5. The summed E-state index contributed by atoms with van der Waals surface area (Å²) >= 11 is 8.02. The summed E-state index contributed by atoms with van der Waals surface area (Å²) in [6.07, 6.45) is -6.91. The summed E-state index contributed by atoms with van der Waals surface area (Å²) in [6, 6.07) is 12.1. The van der Waals surface area contributed by atoms with E-state index < -0.39 is 42.4 Å². The summed E-state index contributed by atoms with van der Waals surface area (Å²) in [7, 11) is 5.04. The maximum atomic E-state index is 16.8. The van der Waals surface area contributed by atoms with Crippen LogP contribution in [-0.2, 0) is 16.7 Å². The molecule has 2 atom stereocenters. The number of carbonyl (C=O) groups is 1. The number of halogens is 6. The van der Waals surface area contributed by atoms with E-state index in [1.165, 1.54) is 58.3 Å². The lowest BCUT2D eigenvalue weighted by Gasteiger charge is -2.32. The van der Waals surface area contributed by atoms with Gasteiger partial charge in [-0.3, -0.25) is 9.58 Å². The highest BCUT2D eigenvalue weighted by Crippen LogP contribution is 2.50. The Morgan fingerprint density at radius 2 is 1.80 bits per heavy atom. The molecule has 4 aromatic heterocycles. The number of carboxylic acids is 1. The van der Waals surface area contributed by atoms with Crippen LogP contribution in [0.25, 0.3) is 32.0 Å². The zero-order chi connectivity index (χ0) is 42.9. The molecular formula is C39H38B2ClF5N6O6S. The maximum absolute atomic E-state index is 16.8. The number of likely N-dealkylation sites (N-methyl/N-ethyl adjacent to an activating group) is 1. The molecule has 6 aromatic rings. The van der Waals surface area contributed by atoms with Gasteiger partial charge in [0.2, 0.25) is 12.0 Å². The predicted molar refractivity (Wildman–Crippen MR) is 220 cm³/mol. The van der Waals surface area contributed by atoms with Crippen molar-refractivity contribution < 1.29 is 50.5 Å². The average molecular weight is 871 g/mol. The molecule has 0 aliphatic carbocycles. The highest BCUT2D eigenvalue weighted by Gasteiger charge is 2.38. The molecule has 1 aliphatic rings. The highest BCUT2D eigenvalue weighted by atomic mass is 35.5. The minimum absolute atomic E-state index is 0.0392. The van der Waals surface area contributed by atoms with E-state index in [2.05, 4.69) is 31.9 Å². The lowest BCUT2D eigenvalue weighted by Crippen LogP contribution is -2.45. The quantitative estimate of drug-likeness (QED) is 0.0950. The standard InChI is InChI=1S/C39H38B2ClF5N6O6S/c1-21-22(7-8-25(31(21)42)56-18-17-52-15-13-51(2)14-16-52)29-30-35(48-20-49-36(30)60-34(29)26-9-10-28(43)57-26)58-33(37(54)55)32(44)23-5-3-4-6-24(23)59-39(40,41)27-11-12-50-53(27)19-38(45,46)47/h3-12,20,32-33H,13-19,40-41H2,1-2H3,(H,54,55)/t32-,33+/m1/s1. The fourth-order valence-corrected chi connectivity index (χ4v) is 8.38. The van der Waals surface area contributed by atoms with Gasteiger partial charge in [0.15, 0.2) is 21.9 Å². The minimum atomic E-state index is -4.58. The van der Waals surface area contributed by atoms with Gasteiger partial charge >= 0.3 is 12.1 Å². The molecule has 1 saturated heterocycles. The van der Waals surface area contributed by atoms with E-state index in [0.717, 1.165) is 54.6 Å². The first-order valence-corrected chi connectivity index (χ1v) is 20.0. The Morgan fingerprint density at radius 1 is 1.05 bits per heavy atom. The van der Waals surface area contributed by atoms with Crippen molar-refractivity contribution in [3.8, 4) is 39.1 Å². The summed E-state index contributed by atoms with van der Waals surface area (Å²) in [4.78, 5) is 26.8. The van der Waals surface area contributed by atoms with Gasteiger partial charge in [-0.2, -0.15) is 22.7 Å². The fourth-order valence-electron chi connectivity index (χ4n) is 7.05. The van der Waals surface area contributed by atoms with Crippen LogP contribution in [0.15, 0.2) is 71.5 Å². The van der Waals surface area contributed by atoms with Gasteiger partial charge in [0.25, 0.3) is 6.01 Å². The Kier molecular flexibility index (Phi) is 12.5. The Balaban J connectivity index is 1.23. The first kappa shape index (κ1) is 42.9. The first-order valence-electron chi connectivity index (χ1n) is 18.8. The number of nitrogens with zero attached hydrogens (tertiary/aromatic N) is 6. The van der Waals surface area contributed by atoms with Crippen LogP contribution in [0.2, 0.25) is 5.02 Å². The number of benzene rings is 2. The SMILES string of the molecule is BC(B)(Oc1ccccc1[C@@H](F)[C@H](Oc1ncnc2sc(-c3ccc(F)o3)c(-c3ccc(OCCN4CCN(C)CC4)c(Cl)c3C)c12)C(=O)O)c1ccnn1CC(F)(F)F. The number of ether oxygens (including phenoxy) is 3. The molecule has 0 unspecified atom stereocenters. The number of hydrogen-bond donors (Lipinski definition) is 1. The zero-order valence-electron chi connectivity index (χ0n) is 32.8. The Hall–Kier alpha value is -5.17. The number of piperazine rings is 1. The van der Waals surface area contributed by atoms with Crippen LogP contribution in [0.3, 0.4) is 0 Å². The number of alkyl halides is 4.